The van der Waals surface area contributed by atoms with Crippen LogP contribution in [0.25, 0.3) is 0 Å². The maximum atomic E-state index is 10.9. The standard InChI is InChI=1S/C17H19N3OS/c1-17(13-9-5-3-6-10-13)15(21)20(16(18-17)22-2)19-14-11-7-4-8-12-14/h3-12,15,19,21H,1-2H3/t15-,17?/m0/s1. The Hall–Kier alpha value is -1.98. The second-order valence-electron chi connectivity index (χ2n) is 5.33. The molecule has 2 N–H and O–H groups in total. The number of nitrogens with one attached hydrogen (secondary N) is 1. The number of aliphatic imine (C=N–C) groups is 1. The molecule has 22 heavy (non-hydrogen) atoms. The van der Waals surface area contributed by atoms with E-state index in [0.29, 0.717) is 0 Å². The van der Waals surface area contributed by atoms with Gasteiger partial charge in [-0.15, -0.1) is 0 Å². The van der Waals surface area contributed by atoms with Gasteiger partial charge in [0.15, 0.2) is 11.4 Å². The van der Waals surface area contributed by atoms with Crippen LogP contribution in [0, 0.1) is 0 Å². The van der Waals surface area contributed by atoms with Crippen LogP contribution in [-0.4, -0.2) is 27.8 Å². The number of anilines is 1. The number of thioether (sulfide) groups is 1. The number of benzene rings is 2. The Kier molecular flexibility index (Phi) is 4.09. The van der Waals surface area contributed by atoms with E-state index in [2.05, 4.69) is 5.43 Å². The van der Waals surface area contributed by atoms with Gasteiger partial charge in [0.25, 0.3) is 0 Å². The number of hydrazine groups is 1. The molecule has 0 aliphatic carbocycles. The smallest absolute Gasteiger partial charge is 0.181 e. The highest BCUT2D eigenvalue weighted by Crippen LogP contribution is 2.38. The van der Waals surface area contributed by atoms with Gasteiger partial charge in [0.1, 0.15) is 5.54 Å². The van der Waals surface area contributed by atoms with Crippen LogP contribution in [0.4, 0.5) is 5.69 Å². The molecular weight excluding hydrogens is 294 g/mol. The topological polar surface area (TPSA) is 47.9 Å². The van der Waals surface area contributed by atoms with E-state index in [4.69, 9.17) is 4.99 Å². The van der Waals surface area contributed by atoms with E-state index in [9.17, 15) is 5.11 Å². The van der Waals surface area contributed by atoms with Crippen molar-refractivity contribution in [3.8, 4) is 0 Å². The molecule has 1 aliphatic rings. The fourth-order valence-electron chi connectivity index (χ4n) is 2.56. The zero-order chi connectivity index (χ0) is 15.6. The largest absolute Gasteiger partial charge is 0.369 e. The summed E-state index contributed by atoms with van der Waals surface area (Å²) in [4.78, 5) is 4.76. The van der Waals surface area contributed by atoms with Crippen molar-refractivity contribution in [2.24, 2.45) is 4.99 Å². The average molecular weight is 313 g/mol. The lowest BCUT2D eigenvalue weighted by Gasteiger charge is -2.32. The first-order chi connectivity index (χ1) is 10.6. The number of hydrogen-bond donors (Lipinski definition) is 2. The third kappa shape index (κ3) is 2.58. The summed E-state index contributed by atoms with van der Waals surface area (Å²) in [6.07, 6.45) is 1.18. The van der Waals surface area contributed by atoms with Crippen molar-refractivity contribution in [3.63, 3.8) is 0 Å². The van der Waals surface area contributed by atoms with Crippen molar-refractivity contribution in [1.29, 1.82) is 0 Å². The zero-order valence-corrected chi connectivity index (χ0v) is 13.4. The molecule has 0 radical (unpaired) electrons. The molecule has 1 unspecified atom stereocenters. The predicted molar refractivity (Wildman–Crippen MR) is 92.7 cm³/mol. The summed E-state index contributed by atoms with van der Waals surface area (Å²) in [6, 6.07) is 19.7. The Morgan fingerprint density at radius 2 is 1.68 bits per heavy atom. The Labute approximate surface area is 134 Å². The van der Waals surface area contributed by atoms with E-state index < -0.39 is 11.8 Å². The first-order valence-electron chi connectivity index (χ1n) is 7.13. The van der Waals surface area contributed by atoms with Crippen molar-refractivity contribution in [2.75, 3.05) is 11.7 Å². The van der Waals surface area contributed by atoms with Crippen LogP contribution in [-0.2, 0) is 5.54 Å². The van der Waals surface area contributed by atoms with Crippen LogP contribution in [0.3, 0.4) is 0 Å². The number of rotatable bonds is 3. The minimum atomic E-state index is -0.780. The molecule has 2 aromatic rings. The summed E-state index contributed by atoms with van der Waals surface area (Å²) in [6.45, 7) is 1.95. The molecule has 0 saturated heterocycles. The highest BCUT2D eigenvalue weighted by Gasteiger charge is 2.46. The van der Waals surface area contributed by atoms with Gasteiger partial charge < -0.3 is 5.11 Å². The van der Waals surface area contributed by atoms with Crippen molar-refractivity contribution >= 4 is 22.6 Å². The number of aliphatic hydroxyl groups excluding tert-OH is 1. The number of aliphatic hydroxyl groups is 1. The molecule has 0 amide bonds. The monoisotopic (exact) mass is 313 g/mol. The van der Waals surface area contributed by atoms with Crippen LogP contribution in [0.2, 0.25) is 0 Å². The average Bonchev–Trinajstić information content (AvgIpc) is 2.82. The van der Waals surface area contributed by atoms with Crippen LogP contribution in [0.15, 0.2) is 65.7 Å². The molecular formula is C17H19N3OS. The van der Waals surface area contributed by atoms with Gasteiger partial charge in [-0.25, -0.2) is 10.0 Å². The van der Waals surface area contributed by atoms with Crippen molar-refractivity contribution in [2.45, 2.75) is 18.7 Å². The quantitative estimate of drug-likeness (QED) is 0.913. The van der Waals surface area contributed by atoms with Crippen LogP contribution >= 0.6 is 11.8 Å². The van der Waals surface area contributed by atoms with Gasteiger partial charge in [-0.3, -0.25) is 5.43 Å². The molecule has 0 spiro atoms. The normalized spacial score (nSPS) is 24.2. The molecule has 3 rings (SSSR count). The molecule has 1 heterocycles. The first-order valence-corrected chi connectivity index (χ1v) is 8.36. The maximum Gasteiger partial charge on any atom is 0.181 e. The number of amidine groups is 1. The van der Waals surface area contributed by atoms with Crippen molar-refractivity contribution in [1.82, 2.24) is 5.01 Å². The molecule has 2 aromatic carbocycles. The second-order valence-corrected chi connectivity index (χ2v) is 6.11. The molecule has 114 valence electrons. The van der Waals surface area contributed by atoms with E-state index in [1.807, 2.05) is 73.8 Å². The summed E-state index contributed by atoms with van der Waals surface area (Å²) >= 11 is 1.51. The Balaban J connectivity index is 1.92. The molecule has 2 atom stereocenters. The number of para-hydroxylation sites is 1. The van der Waals surface area contributed by atoms with E-state index in [-0.39, 0.29) is 0 Å². The molecule has 0 bridgehead atoms. The third-order valence-electron chi connectivity index (χ3n) is 3.85. The van der Waals surface area contributed by atoms with E-state index in [1.165, 1.54) is 11.8 Å². The number of nitrogens with zero attached hydrogens (tertiary/aromatic N) is 2. The number of hydrogen-bond acceptors (Lipinski definition) is 5. The van der Waals surface area contributed by atoms with Gasteiger partial charge in [0.2, 0.25) is 0 Å². The lowest BCUT2D eigenvalue weighted by Crippen LogP contribution is -2.46. The summed E-state index contributed by atoms with van der Waals surface area (Å²) in [7, 11) is 0. The van der Waals surface area contributed by atoms with Crippen molar-refractivity contribution in [3.05, 3.63) is 66.2 Å². The minimum absolute atomic E-state index is 0.693. The molecule has 5 heteroatoms. The Morgan fingerprint density at radius 3 is 2.27 bits per heavy atom. The molecule has 1 aliphatic heterocycles. The molecule has 0 fully saturated rings. The summed E-state index contributed by atoms with van der Waals surface area (Å²) < 4.78 is 0. The zero-order valence-electron chi connectivity index (χ0n) is 12.6. The Bertz CT molecular complexity index is 662. The SMILES string of the molecule is CSC1=NC(C)(c2ccccc2)[C@H](O)N1Nc1ccccc1. The Morgan fingerprint density at radius 1 is 1.09 bits per heavy atom. The highest BCUT2D eigenvalue weighted by molar-refractivity contribution is 8.13. The lowest BCUT2D eigenvalue weighted by atomic mass is 9.91. The predicted octanol–water partition coefficient (Wildman–Crippen LogP) is 3.28. The van der Waals surface area contributed by atoms with Gasteiger partial charge in [0, 0.05) is 0 Å². The van der Waals surface area contributed by atoms with Gasteiger partial charge in [-0.2, -0.15) is 0 Å². The highest BCUT2D eigenvalue weighted by atomic mass is 32.2. The van der Waals surface area contributed by atoms with Gasteiger partial charge in [-0.1, -0.05) is 60.3 Å². The first kappa shape index (κ1) is 14.9. The minimum Gasteiger partial charge on any atom is -0.369 e. The van der Waals surface area contributed by atoms with Crippen molar-refractivity contribution < 1.29 is 5.11 Å². The van der Waals surface area contributed by atoms with Gasteiger partial charge in [0.05, 0.1) is 5.69 Å². The van der Waals surface area contributed by atoms with E-state index >= 15 is 0 Å². The van der Waals surface area contributed by atoms with Gasteiger partial charge in [-0.05, 0) is 30.9 Å². The molecule has 0 saturated carbocycles. The third-order valence-corrected chi connectivity index (χ3v) is 4.50. The van der Waals surface area contributed by atoms with Crippen LogP contribution in [0.5, 0.6) is 0 Å². The van der Waals surface area contributed by atoms with Gasteiger partial charge >= 0.3 is 0 Å². The summed E-state index contributed by atoms with van der Waals surface area (Å²) in [5.41, 5.74) is 4.46. The fraction of sp³-hybridized carbons (Fsp3) is 0.235. The second kappa shape index (κ2) is 6.02. The van der Waals surface area contributed by atoms with Crippen LogP contribution in [0.1, 0.15) is 12.5 Å². The lowest BCUT2D eigenvalue weighted by molar-refractivity contribution is 0.0231. The van der Waals surface area contributed by atoms with E-state index in [0.717, 1.165) is 16.4 Å². The van der Waals surface area contributed by atoms with Crippen LogP contribution < -0.4 is 5.43 Å². The van der Waals surface area contributed by atoms with E-state index in [1.54, 1.807) is 5.01 Å². The summed E-state index contributed by atoms with van der Waals surface area (Å²) in [5.74, 6) is 0. The maximum absolute atomic E-state index is 10.9. The molecule has 4 nitrogen and oxygen atoms in total. The summed E-state index contributed by atoms with van der Waals surface area (Å²) in [5, 5.41) is 13.4. The fourth-order valence-corrected chi connectivity index (χ4v) is 3.18. The molecule has 0 aromatic heterocycles.